The molecule has 1 aromatic carbocycles. The number of pyridine rings is 1. The number of ether oxygens (including phenoxy) is 4. The standard InChI is InChI=1S/C21H21N3O4/c1-25-18-9-15(10-19-20(18)28-13-27-19)21-23-6-7-24(21)17-12-26-11-16(17)8-14-2-4-22-5-3-14/h2-7,9-10,16-17H,8,11-13H2,1H3/t16-,17-/m1/s1. The number of hydrogen-bond acceptors (Lipinski definition) is 6. The summed E-state index contributed by atoms with van der Waals surface area (Å²) < 4.78 is 24.6. The summed E-state index contributed by atoms with van der Waals surface area (Å²) in [4.78, 5) is 8.73. The average Bonchev–Trinajstić information content (AvgIpc) is 3.47. The number of fused-ring (bicyclic) bond motifs is 1. The second-order valence-electron chi connectivity index (χ2n) is 6.99. The minimum absolute atomic E-state index is 0.202. The highest BCUT2D eigenvalue weighted by Gasteiger charge is 2.32. The van der Waals surface area contributed by atoms with E-state index in [1.807, 2.05) is 36.9 Å². The van der Waals surface area contributed by atoms with Crippen LogP contribution >= 0.6 is 0 Å². The highest BCUT2D eigenvalue weighted by Crippen LogP contribution is 2.44. The molecule has 0 N–H and O–H groups in total. The number of aromatic nitrogens is 3. The number of nitrogens with zero attached hydrogens (tertiary/aromatic N) is 3. The predicted molar refractivity (Wildman–Crippen MR) is 102 cm³/mol. The van der Waals surface area contributed by atoms with E-state index in [1.54, 1.807) is 7.11 Å². The van der Waals surface area contributed by atoms with Gasteiger partial charge in [-0.1, -0.05) is 0 Å². The molecule has 7 nitrogen and oxygen atoms in total. The molecule has 2 atom stereocenters. The molecule has 3 aromatic rings. The Bertz CT molecular complexity index is 973. The van der Waals surface area contributed by atoms with Crippen molar-refractivity contribution in [2.24, 2.45) is 5.92 Å². The molecule has 1 saturated heterocycles. The molecule has 0 bridgehead atoms. The Labute approximate surface area is 162 Å². The maximum Gasteiger partial charge on any atom is 0.231 e. The summed E-state index contributed by atoms with van der Waals surface area (Å²) in [5.74, 6) is 3.21. The zero-order chi connectivity index (χ0) is 18.9. The van der Waals surface area contributed by atoms with Gasteiger partial charge < -0.3 is 23.5 Å². The quantitative estimate of drug-likeness (QED) is 0.679. The van der Waals surface area contributed by atoms with Crippen LogP contribution in [0.2, 0.25) is 0 Å². The van der Waals surface area contributed by atoms with Gasteiger partial charge in [-0.15, -0.1) is 0 Å². The lowest BCUT2D eigenvalue weighted by Gasteiger charge is -2.21. The molecule has 5 rings (SSSR count). The van der Waals surface area contributed by atoms with Crippen LogP contribution in [0.15, 0.2) is 49.1 Å². The van der Waals surface area contributed by atoms with Crippen molar-refractivity contribution in [2.45, 2.75) is 12.5 Å². The van der Waals surface area contributed by atoms with E-state index in [9.17, 15) is 0 Å². The van der Waals surface area contributed by atoms with Crippen molar-refractivity contribution in [2.75, 3.05) is 27.1 Å². The minimum atomic E-state index is 0.202. The number of imidazole rings is 1. The van der Waals surface area contributed by atoms with Crippen LogP contribution in [0.4, 0.5) is 0 Å². The molecule has 0 radical (unpaired) electrons. The van der Waals surface area contributed by atoms with Crippen LogP contribution in [-0.2, 0) is 11.2 Å². The van der Waals surface area contributed by atoms with Crippen molar-refractivity contribution in [3.63, 3.8) is 0 Å². The lowest BCUT2D eigenvalue weighted by Crippen LogP contribution is -2.20. The fourth-order valence-electron chi connectivity index (χ4n) is 3.97. The second kappa shape index (κ2) is 7.16. The lowest BCUT2D eigenvalue weighted by atomic mass is 9.95. The number of rotatable bonds is 5. The van der Waals surface area contributed by atoms with Gasteiger partial charge in [-0.05, 0) is 36.2 Å². The molecular formula is C21H21N3O4. The van der Waals surface area contributed by atoms with Crippen LogP contribution < -0.4 is 14.2 Å². The third-order valence-electron chi connectivity index (χ3n) is 5.35. The smallest absolute Gasteiger partial charge is 0.231 e. The van der Waals surface area contributed by atoms with Gasteiger partial charge in [-0.2, -0.15) is 0 Å². The van der Waals surface area contributed by atoms with Crippen molar-refractivity contribution in [1.29, 1.82) is 0 Å². The highest BCUT2D eigenvalue weighted by molar-refractivity contribution is 5.67. The Hall–Kier alpha value is -3.06. The largest absolute Gasteiger partial charge is 0.493 e. The van der Waals surface area contributed by atoms with Crippen LogP contribution in [0.5, 0.6) is 17.2 Å². The minimum Gasteiger partial charge on any atom is -0.493 e. The molecule has 144 valence electrons. The first-order valence-corrected chi connectivity index (χ1v) is 9.31. The van der Waals surface area contributed by atoms with Crippen LogP contribution in [0, 0.1) is 5.92 Å². The average molecular weight is 379 g/mol. The zero-order valence-corrected chi connectivity index (χ0v) is 15.6. The fraction of sp³-hybridized carbons (Fsp3) is 0.333. The number of hydrogen-bond donors (Lipinski definition) is 0. The Morgan fingerprint density at radius 3 is 2.89 bits per heavy atom. The van der Waals surface area contributed by atoms with Gasteiger partial charge in [0.2, 0.25) is 12.5 Å². The van der Waals surface area contributed by atoms with E-state index in [0.717, 1.165) is 24.4 Å². The Morgan fingerprint density at radius 2 is 2.04 bits per heavy atom. The Morgan fingerprint density at radius 1 is 1.14 bits per heavy atom. The van der Waals surface area contributed by atoms with Crippen LogP contribution in [-0.4, -0.2) is 41.7 Å². The molecule has 7 heteroatoms. The summed E-state index contributed by atoms with van der Waals surface area (Å²) in [5, 5.41) is 0. The molecule has 0 aliphatic carbocycles. The Kier molecular flexibility index (Phi) is 4.37. The van der Waals surface area contributed by atoms with E-state index in [2.05, 4.69) is 26.7 Å². The van der Waals surface area contributed by atoms with Crippen LogP contribution in [0.3, 0.4) is 0 Å². The molecule has 0 amide bonds. The summed E-state index contributed by atoms with van der Waals surface area (Å²) in [6.07, 6.45) is 8.46. The van der Waals surface area contributed by atoms with Gasteiger partial charge in [0, 0.05) is 36.3 Å². The predicted octanol–water partition coefficient (Wildman–Crippen LogP) is 3.11. The highest BCUT2D eigenvalue weighted by atomic mass is 16.7. The molecule has 0 spiro atoms. The first kappa shape index (κ1) is 17.1. The molecule has 1 fully saturated rings. The van der Waals surface area contributed by atoms with Crippen LogP contribution in [0.25, 0.3) is 11.4 Å². The van der Waals surface area contributed by atoms with Crippen molar-refractivity contribution < 1.29 is 18.9 Å². The number of benzene rings is 1. The van der Waals surface area contributed by atoms with Crippen molar-refractivity contribution >= 4 is 0 Å². The van der Waals surface area contributed by atoms with E-state index < -0.39 is 0 Å². The van der Waals surface area contributed by atoms with Gasteiger partial charge in [-0.25, -0.2) is 4.98 Å². The van der Waals surface area contributed by atoms with Gasteiger partial charge in [0.25, 0.3) is 0 Å². The van der Waals surface area contributed by atoms with E-state index in [0.29, 0.717) is 29.8 Å². The van der Waals surface area contributed by atoms with Crippen molar-refractivity contribution in [1.82, 2.24) is 14.5 Å². The maximum absolute atomic E-state index is 5.84. The van der Waals surface area contributed by atoms with E-state index in [4.69, 9.17) is 18.9 Å². The molecule has 2 aromatic heterocycles. The SMILES string of the molecule is COc1cc(-c2nccn2[C@@H]2COC[C@H]2Cc2ccncc2)cc2c1OCO2. The second-order valence-corrected chi connectivity index (χ2v) is 6.99. The summed E-state index contributed by atoms with van der Waals surface area (Å²) in [6, 6.07) is 8.24. The van der Waals surface area contributed by atoms with Gasteiger partial charge in [-0.3, -0.25) is 4.98 Å². The first-order chi connectivity index (χ1) is 13.8. The fourth-order valence-corrected chi connectivity index (χ4v) is 3.97. The molecular weight excluding hydrogens is 358 g/mol. The van der Waals surface area contributed by atoms with Gasteiger partial charge in [0.1, 0.15) is 5.82 Å². The summed E-state index contributed by atoms with van der Waals surface area (Å²) in [6.45, 7) is 1.60. The van der Waals surface area contributed by atoms with Crippen LogP contribution in [0.1, 0.15) is 11.6 Å². The monoisotopic (exact) mass is 379 g/mol. The van der Waals surface area contributed by atoms with Gasteiger partial charge >= 0.3 is 0 Å². The first-order valence-electron chi connectivity index (χ1n) is 9.31. The maximum atomic E-state index is 5.84. The molecule has 0 saturated carbocycles. The molecule has 0 unspecified atom stereocenters. The van der Waals surface area contributed by atoms with E-state index >= 15 is 0 Å². The number of methoxy groups -OCH3 is 1. The molecule has 4 heterocycles. The summed E-state index contributed by atoms with van der Waals surface area (Å²) in [5.41, 5.74) is 2.20. The Balaban J connectivity index is 1.48. The summed E-state index contributed by atoms with van der Waals surface area (Å²) in [7, 11) is 1.63. The zero-order valence-electron chi connectivity index (χ0n) is 15.6. The molecule has 2 aliphatic heterocycles. The molecule has 28 heavy (non-hydrogen) atoms. The van der Waals surface area contributed by atoms with E-state index in [-0.39, 0.29) is 12.8 Å². The van der Waals surface area contributed by atoms with Crippen molar-refractivity contribution in [3.05, 3.63) is 54.6 Å². The lowest BCUT2D eigenvalue weighted by molar-refractivity contribution is 0.171. The normalized spacial score (nSPS) is 20.5. The van der Waals surface area contributed by atoms with Gasteiger partial charge in [0.05, 0.1) is 26.4 Å². The van der Waals surface area contributed by atoms with E-state index in [1.165, 1.54) is 5.56 Å². The van der Waals surface area contributed by atoms with Crippen molar-refractivity contribution in [3.8, 4) is 28.6 Å². The van der Waals surface area contributed by atoms with Gasteiger partial charge in [0.15, 0.2) is 11.5 Å². The summed E-state index contributed by atoms with van der Waals surface area (Å²) >= 11 is 0. The topological polar surface area (TPSA) is 67.6 Å². The third kappa shape index (κ3) is 2.97. The molecule has 2 aliphatic rings. The third-order valence-corrected chi connectivity index (χ3v) is 5.35.